The molecule has 1 N–H and O–H groups in total. The van der Waals surface area contributed by atoms with Crippen LogP contribution in [0.4, 0.5) is 0 Å². The highest BCUT2D eigenvalue weighted by atomic mass is 32.2. The Hall–Kier alpha value is -3.53. The average Bonchev–Trinajstić information content (AvgIpc) is 3.11. The normalized spacial score (nSPS) is 17.4. The van der Waals surface area contributed by atoms with Crippen molar-refractivity contribution in [3.63, 3.8) is 0 Å². The summed E-state index contributed by atoms with van der Waals surface area (Å²) in [6.45, 7) is -0.587. The van der Waals surface area contributed by atoms with Crippen LogP contribution in [0.3, 0.4) is 0 Å². The van der Waals surface area contributed by atoms with Gasteiger partial charge in [-0.05, 0) is 24.6 Å². The number of esters is 1. The molecule has 0 bridgehead atoms. The topological polar surface area (TPSA) is 124 Å². The Kier molecular flexibility index (Phi) is 5.55. The molecule has 1 amide bonds. The van der Waals surface area contributed by atoms with E-state index in [-0.39, 0.29) is 22.6 Å². The van der Waals surface area contributed by atoms with Crippen LogP contribution < -0.4 is 10.9 Å². The fourth-order valence-electron chi connectivity index (χ4n) is 3.46. The minimum atomic E-state index is -3.14. The molecule has 0 radical (unpaired) electrons. The van der Waals surface area contributed by atoms with E-state index in [1.165, 1.54) is 0 Å². The van der Waals surface area contributed by atoms with Crippen molar-refractivity contribution in [2.24, 2.45) is 0 Å². The van der Waals surface area contributed by atoms with E-state index < -0.39 is 39.9 Å². The van der Waals surface area contributed by atoms with Gasteiger partial charge < -0.3 is 10.1 Å². The number of hydrogen-bond donors (Lipinski definition) is 1. The molecule has 4 rings (SSSR count). The van der Waals surface area contributed by atoms with Crippen LogP contribution in [0.25, 0.3) is 16.5 Å². The molecule has 1 aliphatic heterocycles. The van der Waals surface area contributed by atoms with Gasteiger partial charge in [0.2, 0.25) is 0 Å². The fourth-order valence-corrected chi connectivity index (χ4v) is 5.14. The van der Waals surface area contributed by atoms with Crippen molar-refractivity contribution >= 4 is 32.5 Å². The summed E-state index contributed by atoms with van der Waals surface area (Å²) in [5, 5.41) is 7.34. The Labute approximate surface area is 177 Å². The molecule has 0 saturated carbocycles. The SMILES string of the molecule is O=C(COC(=O)c1nn(-c2ccccc2)c(=O)c2ccccc12)N[C@H]1CCS(=O)(=O)C1. The number of para-hydroxylation sites is 1. The third kappa shape index (κ3) is 4.48. The van der Waals surface area contributed by atoms with E-state index >= 15 is 0 Å². The van der Waals surface area contributed by atoms with E-state index in [0.717, 1.165) is 4.68 Å². The number of sulfone groups is 1. The number of carbonyl (C=O) groups is 2. The Morgan fingerprint density at radius 1 is 1.06 bits per heavy atom. The second-order valence-electron chi connectivity index (χ2n) is 7.19. The summed E-state index contributed by atoms with van der Waals surface area (Å²) in [5.74, 6) is -1.57. The standard InChI is InChI=1S/C21H19N3O6S/c25-18(22-14-10-11-31(28,29)13-14)12-30-21(27)19-16-8-4-5-9-17(16)20(26)24(23-19)15-6-2-1-3-7-15/h1-9,14H,10-13H2,(H,22,25)/t14-/m0/s1. The molecule has 1 saturated heterocycles. The number of fused-ring (bicyclic) bond motifs is 1. The number of ether oxygens (including phenoxy) is 1. The number of hydrogen-bond acceptors (Lipinski definition) is 7. The maximum Gasteiger partial charge on any atom is 0.359 e. The monoisotopic (exact) mass is 441 g/mol. The number of aromatic nitrogens is 2. The molecule has 9 nitrogen and oxygen atoms in total. The molecular weight excluding hydrogens is 422 g/mol. The number of benzene rings is 2. The molecular formula is C21H19N3O6S. The second kappa shape index (κ2) is 8.31. The zero-order valence-electron chi connectivity index (χ0n) is 16.4. The highest BCUT2D eigenvalue weighted by Crippen LogP contribution is 2.16. The fraction of sp³-hybridized carbons (Fsp3) is 0.238. The highest BCUT2D eigenvalue weighted by Gasteiger charge is 2.29. The quantitative estimate of drug-likeness (QED) is 0.582. The zero-order chi connectivity index (χ0) is 22.0. The number of carbonyl (C=O) groups excluding carboxylic acids is 2. The Balaban J connectivity index is 1.57. The molecule has 160 valence electrons. The van der Waals surface area contributed by atoms with Crippen molar-refractivity contribution in [2.75, 3.05) is 18.1 Å². The molecule has 1 fully saturated rings. The molecule has 1 aliphatic rings. The van der Waals surface area contributed by atoms with Gasteiger partial charge in [0.25, 0.3) is 11.5 Å². The molecule has 10 heteroatoms. The van der Waals surface area contributed by atoms with Crippen LogP contribution in [-0.2, 0) is 19.4 Å². The first-order chi connectivity index (χ1) is 14.8. The van der Waals surface area contributed by atoms with Crippen molar-refractivity contribution in [1.29, 1.82) is 0 Å². The van der Waals surface area contributed by atoms with Crippen molar-refractivity contribution in [1.82, 2.24) is 15.1 Å². The minimum Gasteiger partial charge on any atom is -0.451 e. The van der Waals surface area contributed by atoms with Crippen LogP contribution >= 0.6 is 0 Å². The maximum atomic E-state index is 12.9. The van der Waals surface area contributed by atoms with Gasteiger partial charge in [-0.15, -0.1) is 0 Å². The Bertz CT molecular complexity index is 1320. The first-order valence-corrected chi connectivity index (χ1v) is 11.4. The van der Waals surface area contributed by atoms with Crippen LogP contribution in [0, 0.1) is 0 Å². The van der Waals surface area contributed by atoms with Gasteiger partial charge in [-0.25, -0.2) is 13.2 Å². The molecule has 0 spiro atoms. The summed E-state index contributed by atoms with van der Waals surface area (Å²) in [7, 11) is -3.14. The zero-order valence-corrected chi connectivity index (χ0v) is 17.2. The van der Waals surface area contributed by atoms with Crippen LogP contribution in [0.15, 0.2) is 59.4 Å². The summed E-state index contributed by atoms with van der Waals surface area (Å²) < 4.78 is 29.2. The van der Waals surface area contributed by atoms with Gasteiger partial charge in [0, 0.05) is 11.4 Å². The molecule has 2 heterocycles. The average molecular weight is 441 g/mol. The number of rotatable bonds is 5. The minimum absolute atomic E-state index is 0.0225. The van der Waals surface area contributed by atoms with E-state index in [9.17, 15) is 22.8 Å². The Morgan fingerprint density at radius 3 is 2.42 bits per heavy atom. The lowest BCUT2D eigenvalue weighted by atomic mass is 10.1. The number of nitrogens with one attached hydrogen (secondary N) is 1. The molecule has 0 unspecified atom stereocenters. The maximum absolute atomic E-state index is 12.9. The predicted octanol–water partition coefficient (Wildman–Crippen LogP) is 0.846. The third-order valence-corrected chi connectivity index (χ3v) is 6.70. The van der Waals surface area contributed by atoms with Crippen molar-refractivity contribution in [2.45, 2.75) is 12.5 Å². The number of nitrogens with zero attached hydrogens (tertiary/aromatic N) is 2. The van der Waals surface area contributed by atoms with E-state index in [4.69, 9.17) is 4.74 Å². The molecule has 1 atom stereocenters. The van der Waals surface area contributed by atoms with Crippen molar-refractivity contribution in [3.8, 4) is 5.69 Å². The summed E-state index contributed by atoms with van der Waals surface area (Å²) in [5.41, 5.74) is -0.0127. The van der Waals surface area contributed by atoms with Gasteiger partial charge in [0.1, 0.15) is 0 Å². The molecule has 0 aliphatic carbocycles. The van der Waals surface area contributed by atoms with E-state index in [1.807, 2.05) is 0 Å². The molecule has 2 aromatic carbocycles. The van der Waals surface area contributed by atoms with Crippen LogP contribution in [0.1, 0.15) is 16.9 Å². The molecule has 31 heavy (non-hydrogen) atoms. The molecule has 3 aromatic rings. The van der Waals surface area contributed by atoms with Crippen LogP contribution in [-0.4, -0.2) is 54.2 Å². The van der Waals surface area contributed by atoms with Gasteiger partial charge in [-0.2, -0.15) is 9.78 Å². The summed E-state index contributed by atoms with van der Waals surface area (Å²) >= 11 is 0. The van der Waals surface area contributed by atoms with Gasteiger partial charge in [-0.3, -0.25) is 9.59 Å². The van der Waals surface area contributed by atoms with Crippen molar-refractivity contribution < 1.29 is 22.7 Å². The first kappa shape index (κ1) is 20.7. The summed E-state index contributed by atoms with van der Waals surface area (Å²) in [4.78, 5) is 37.7. The lowest BCUT2D eigenvalue weighted by Crippen LogP contribution is -2.38. The summed E-state index contributed by atoms with van der Waals surface area (Å²) in [6.07, 6.45) is 0.330. The summed E-state index contributed by atoms with van der Waals surface area (Å²) in [6, 6.07) is 14.7. The highest BCUT2D eigenvalue weighted by molar-refractivity contribution is 7.91. The van der Waals surface area contributed by atoms with Gasteiger partial charge in [-0.1, -0.05) is 36.4 Å². The molecule has 1 aromatic heterocycles. The third-order valence-electron chi connectivity index (χ3n) is 4.93. The largest absolute Gasteiger partial charge is 0.451 e. The van der Waals surface area contributed by atoms with E-state index in [2.05, 4.69) is 10.4 Å². The lowest BCUT2D eigenvalue weighted by Gasteiger charge is -2.12. The predicted molar refractivity (Wildman–Crippen MR) is 113 cm³/mol. The van der Waals surface area contributed by atoms with Crippen molar-refractivity contribution in [3.05, 3.63) is 70.6 Å². The Morgan fingerprint density at radius 2 is 1.74 bits per heavy atom. The number of amides is 1. The van der Waals surface area contributed by atoms with E-state index in [1.54, 1.807) is 54.6 Å². The first-order valence-electron chi connectivity index (χ1n) is 9.58. The van der Waals surface area contributed by atoms with Crippen LogP contribution in [0.5, 0.6) is 0 Å². The lowest BCUT2D eigenvalue weighted by molar-refractivity contribution is -0.124. The van der Waals surface area contributed by atoms with Gasteiger partial charge >= 0.3 is 5.97 Å². The van der Waals surface area contributed by atoms with E-state index in [0.29, 0.717) is 17.5 Å². The second-order valence-corrected chi connectivity index (χ2v) is 9.42. The smallest absolute Gasteiger partial charge is 0.359 e. The van der Waals surface area contributed by atoms with Gasteiger partial charge in [0.15, 0.2) is 22.1 Å². The van der Waals surface area contributed by atoms with Crippen LogP contribution in [0.2, 0.25) is 0 Å². The van der Waals surface area contributed by atoms with Gasteiger partial charge in [0.05, 0.1) is 22.6 Å².